The van der Waals surface area contributed by atoms with Crippen LogP contribution >= 0.6 is 0 Å². The third-order valence-electron chi connectivity index (χ3n) is 6.25. The van der Waals surface area contributed by atoms with E-state index in [0.717, 1.165) is 5.56 Å². The average molecular weight is 379 g/mol. The molecular formula is C21H21N3O4. The van der Waals surface area contributed by atoms with Crippen LogP contribution in [0.25, 0.3) is 0 Å². The topological polar surface area (TPSA) is 71.8 Å². The van der Waals surface area contributed by atoms with Crippen LogP contribution in [0.15, 0.2) is 53.5 Å². The molecule has 0 aliphatic carbocycles. The summed E-state index contributed by atoms with van der Waals surface area (Å²) in [6, 6.07) is 12.6. The van der Waals surface area contributed by atoms with E-state index in [-0.39, 0.29) is 41.4 Å². The van der Waals surface area contributed by atoms with E-state index in [4.69, 9.17) is 4.74 Å². The Balaban J connectivity index is 1.49. The normalized spacial score (nSPS) is 28.5. The lowest BCUT2D eigenvalue weighted by atomic mass is 10.0. The van der Waals surface area contributed by atoms with Crippen LogP contribution < -0.4 is 5.56 Å². The number of pyridine rings is 1. The number of hydrogen-bond acceptors (Lipinski definition) is 4. The fourth-order valence-corrected chi connectivity index (χ4v) is 4.92. The third kappa shape index (κ3) is 2.22. The Morgan fingerprint density at radius 2 is 1.93 bits per heavy atom. The summed E-state index contributed by atoms with van der Waals surface area (Å²) in [6.45, 7) is 0.883. The van der Waals surface area contributed by atoms with Crippen molar-refractivity contribution in [2.45, 2.75) is 30.7 Å². The second kappa shape index (κ2) is 6.04. The zero-order valence-corrected chi connectivity index (χ0v) is 15.6. The Morgan fingerprint density at radius 1 is 1.14 bits per heavy atom. The fraction of sp³-hybridized carbons (Fsp3) is 0.381. The summed E-state index contributed by atoms with van der Waals surface area (Å²) in [5, 5.41) is 0. The fourth-order valence-electron chi connectivity index (χ4n) is 4.92. The molecule has 3 atom stereocenters. The Bertz CT molecular complexity index is 1020. The van der Waals surface area contributed by atoms with Gasteiger partial charge >= 0.3 is 0 Å². The lowest BCUT2D eigenvalue weighted by Crippen LogP contribution is -2.49. The summed E-state index contributed by atoms with van der Waals surface area (Å²) < 4.78 is 7.62. The summed E-state index contributed by atoms with van der Waals surface area (Å²) in [6.07, 6.45) is 2.41. The molecule has 3 fully saturated rings. The molecule has 0 bridgehead atoms. The van der Waals surface area contributed by atoms with Gasteiger partial charge in [-0.3, -0.25) is 14.4 Å². The van der Waals surface area contributed by atoms with E-state index in [1.54, 1.807) is 30.3 Å². The van der Waals surface area contributed by atoms with Crippen LogP contribution in [-0.4, -0.2) is 51.1 Å². The molecule has 0 saturated carbocycles. The average Bonchev–Trinajstić information content (AvgIpc) is 3.33. The number of ether oxygens (including phenoxy) is 1. The maximum Gasteiger partial charge on any atom is 0.263 e. The van der Waals surface area contributed by atoms with Crippen molar-refractivity contribution in [3.8, 4) is 0 Å². The highest BCUT2D eigenvalue weighted by Crippen LogP contribution is 2.51. The van der Waals surface area contributed by atoms with Gasteiger partial charge in [0.2, 0.25) is 5.91 Å². The highest BCUT2D eigenvalue weighted by Gasteiger charge is 2.65. The minimum Gasteiger partial charge on any atom is -0.351 e. The molecule has 28 heavy (non-hydrogen) atoms. The molecular weight excluding hydrogens is 358 g/mol. The van der Waals surface area contributed by atoms with Crippen molar-refractivity contribution in [3.05, 3.63) is 70.1 Å². The van der Waals surface area contributed by atoms with Crippen molar-refractivity contribution >= 4 is 11.8 Å². The Hall–Kier alpha value is -2.93. The van der Waals surface area contributed by atoms with Gasteiger partial charge in [0.15, 0.2) is 5.72 Å². The van der Waals surface area contributed by atoms with Crippen LogP contribution in [0.5, 0.6) is 0 Å². The zero-order chi connectivity index (χ0) is 19.5. The predicted molar refractivity (Wildman–Crippen MR) is 100 cm³/mol. The largest absolute Gasteiger partial charge is 0.351 e. The number of carbonyl (C=O) groups excluding carboxylic acids is 2. The summed E-state index contributed by atoms with van der Waals surface area (Å²) in [7, 11) is 1.62. The first-order valence-corrected chi connectivity index (χ1v) is 9.50. The molecule has 4 heterocycles. The number of aromatic nitrogens is 1. The van der Waals surface area contributed by atoms with Gasteiger partial charge in [-0.25, -0.2) is 0 Å². The molecule has 5 rings (SSSR count). The van der Waals surface area contributed by atoms with Crippen LogP contribution in [0, 0.1) is 0 Å². The van der Waals surface area contributed by atoms with Crippen molar-refractivity contribution < 1.29 is 14.3 Å². The third-order valence-corrected chi connectivity index (χ3v) is 6.25. The van der Waals surface area contributed by atoms with Gasteiger partial charge in [0.05, 0.1) is 25.1 Å². The molecule has 0 N–H and O–H groups in total. The van der Waals surface area contributed by atoms with E-state index in [1.165, 1.54) is 4.57 Å². The summed E-state index contributed by atoms with van der Waals surface area (Å²) in [4.78, 5) is 41.9. The second-order valence-electron chi connectivity index (χ2n) is 7.65. The Morgan fingerprint density at radius 3 is 2.71 bits per heavy atom. The molecule has 3 saturated heterocycles. The van der Waals surface area contributed by atoms with Gasteiger partial charge in [-0.2, -0.15) is 0 Å². The molecule has 3 aliphatic rings. The molecule has 0 radical (unpaired) electrons. The van der Waals surface area contributed by atoms with Crippen LogP contribution in [0.4, 0.5) is 0 Å². The first-order chi connectivity index (χ1) is 13.5. The van der Waals surface area contributed by atoms with E-state index in [9.17, 15) is 14.4 Å². The smallest absolute Gasteiger partial charge is 0.263 e. The molecule has 3 aliphatic heterocycles. The van der Waals surface area contributed by atoms with Crippen LogP contribution in [-0.2, 0) is 16.6 Å². The maximum atomic E-state index is 13.1. The minimum absolute atomic E-state index is 0.00480. The van der Waals surface area contributed by atoms with Crippen LogP contribution in [0.3, 0.4) is 0 Å². The molecule has 1 aromatic heterocycles. The van der Waals surface area contributed by atoms with Crippen molar-refractivity contribution in [1.29, 1.82) is 0 Å². The van der Waals surface area contributed by atoms with Crippen molar-refractivity contribution in [2.24, 2.45) is 7.05 Å². The quantitative estimate of drug-likeness (QED) is 0.789. The summed E-state index contributed by atoms with van der Waals surface area (Å²) in [5.74, 6) is -0.334. The SMILES string of the molecule is Cn1cccc(C(=O)N2CC[C@@]34OC[C@@H](c5ccccc5)N3C(=O)C[C@@H]24)c1=O. The van der Waals surface area contributed by atoms with E-state index in [2.05, 4.69) is 0 Å². The lowest BCUT2D eigenvalue weighted by molar-refractivity contribution is -0.138. The number of hydrogen-bond donors (Lipinski definition) is 0. The highest BCUT2D eigenvalue weighted by molar-refractivity contribution is 5.95. The van der Waals surface area contributed by atoms with Crippen LogP contribution in [0.2, 0.25) is 0 Å². The Labute approximate surface area is 162 Å². The second-order valence-corrected chi connectivity index (χ2v) is 7.65. The van der Waals surface area contributed by atoms with Gasteiger partial charge in [0.1, 0.15) is 5.56 Å². The number of nitrogens with zero attached hydrogens (tertiary/aromatic N) is 3. The van der Waals surface area contributed by atoms with Gasteiger partial charge in [0, 0.05) is 26.2 Å². The van der Waals surface area contributed by atoms with Gasteiger partial charge in [0.25, 0.3) is 11.5 Å². The molecule has 1 spiro atoms. The van der Waals surface area contributed by atoms with Crippen molar-refractivity contribution in [3.63, 3.8) is 0 Å². The lowest BCUT2D eigenvalue weighted by Gasteiger charge is -2.33. The predicted octanol–water partition coefficient (Wildman–Crippen LogP) is 1.30. The number of likely N-dealkylation sites (tertiary alicyclic amines) is 1. The van der Waals surface area contributed by atoms with E-state index in [0.29, 0.717) is 19.6 Å². The number of aryl methyl sites for hydroxylation is 1. The van der Waals surface area contributed by atoms with Crippen molar-refractivity contribution in [1.82, 2.24) is 14.4 Å². The number of rotatable bonds is 2. The molecule has 7 heteroatoms. The molecule has 1 aromatic carbocycles. The van der Waals surface area contributed by atoms with Gasteiger partial charge in [-0.1, -0.05) is 30.3 Å². The summed E-state index contributed by atoms with van der Waals surface area (Å²) >= 11 is 0. The van der Waals surface area contributed by atoms with E-state index in [1.807, 2.05) is 35.2 Å². The minimum atomic E-state index is -0.784. The van der Waals surface area contributed by atoms with E-state index >= 15 is 0 Å². The maximum absolute atomic E-state index is 13.1. The molecule has 144 valence electrons. The highest BCUT2D eigenvalue weighted by atomic mass is 16.5. The van der Waals surface area contributed by atoms with Gasteiger partial charge in [-0.05, 0) is 17.7 Å². The zero-order valence-electron chi connectivity index (χ0n) is 15.6. The standard InChI is InChI=1S/C21H21N3O4/c1-22-10-5-8-15(19(22)26)20(27)23-11-9-21-17(23)12-18(25)24(21)16(13-28-21)14-6-3-2-4-7-14/h2-8,10,16-17H,9,11-13H2,1H3/t16-,17+,21-/m0/s1. The molecule has 7 nitrogen and oxygen atoms in total. The summed E-state index contributed by atoms with van der Waals surface area (Å²) in [5.41, 5.74) is 0.0533. The molecule has 2 amide bonds. The monoisotopic (exact) mass is 379 g/mol. The number of carbonyl (C=O) groups is 2. The van der Waals surface area contributed by atoms with E-state index < -0.39 is 5.72 Å². The van der Waals surface area contributed by atoms with Crippen molar-refractivity contribution in [2.75, 3.05) is 13.2 Å². The van der Waals surface area contributed by atoms with Gasteiger partial charge < -0.3 is 19.1 Å². The van der Waals surface area contributed by atoms with Gasteiger partial charge in [-0.15, -0.1) is 0 Å². The van der Waals surface area contributed by atoms with Crippen LogP contribution in [0.1, 0.15) is 34.8 Å². The number of amides is 2. The molecule has 0 unspecified atom stereocenters. The molecule has 2 aromatic rings. The number of benzene rings is 1. The first kappa shape index (κ1) is 17.2. The first-order valence-electron chi connectivity index (χ1n) is 9.50. The Kier molecular flexibility index (Phi) is 3.71.